The minimum absolute atomic E-state index is 0.0378. The molecule has 1 aliphatic heterocycles. The molecule has 0 saturated carbocycles. The molecule has 1 aromatic carbocycles. The van der Waals surface area contributed by atoms with Gasteiger partial charge < -0.3 is 10.2 Å². The zero-order valence-electron chi connectivity index (χ0n) is 12.1. The molecule has 1 fully saturated rings. The lowest BCUT2D eigenvalue weighted by molar-refractivity contribution is -0.132. The first kappa shape index (κ1) is 16.8. The Bertz CT molecular complexity index is 676. The highest BCUT2D eigenvalue weighted by atomic mass is 35.5. The van der Waals surface area contributed by atoms with Gasteiger partial charge in [0.05, 0.1) is 22.1 Å². The van der Waals surface area contributed by atoms with E-state index >= 15 is 0 Å². The van der Waals surface area contributed by atoms with Crippen LogP contribution < -0.4 is 5.32 Å². The van der Waals surface area contributed by atoms with Gasteiger partial charge in [0.25, 0.3) is 5.91 Å². The second-order valence-electron chi connectivity index (χ2n) is 5.15. The average Bonchev–Trinajstić information content (AvgIpc) is 2.46. The molecule has 1 N–H and O–H groups in total. The summed E-state index contributed by atoms with van der Waals surface area (Å²) in [7, 11) is -3.05. The molecule has 0 aromatic heterocycles. The maximum absolute atomic E-state index is 12.2. The largest absolute Gasteiger partial charge is 0.340 e. The Morgan fingerprint density at radius 2 is 1.82 bits per heavy atom. The fraction of sp³-hybridized carbons (Fsp3) is 0.429. The topological polar surface area (TPSA) is 83.6 Å². The first-order valence-electron chi connectivity index (χ1n) is 6.85. The molecule has 8 heteroatoms. The Labute approximate surface area is 134 Å². The second-order valence-corrected chi connectivity index (χ2v) is 7.86. The Morgan fingerprint density at radius 3 is 2.41 bits per heavy atom. The number of rotatable bonds is 3. The van der Waals surface area contributed by atoms with E-state index in [0.717, 1.165) is 0 Å². The van der Waals surface area contributed by atoms with E-state index in [2.05, 4.69) is 5.32 Å². The molecule has 1 atom stereocenters. The zero-order chi connectivity index (χ0) is 16.3. The van der Waals surface area contributed by atoms with Gasteiger partial charge in [0.1, 0.15) is 6.04 Å². The highest BCUT2D eigenvalue weighted by Crippen LogP contribution is 2.15. The summed E-state index contributed by atoms with van der Waals surface area (Å²) in [5, 5.41) is 2.90. The van der Waals surface area contributed by atoms with Crippen molar-refractivity contribution in [1.82, 2.24) is 10.2 Å². The molecule has 0 bridgehead atoms. The van der Waals surface area contributed by atoms with Crippen molar-refractivity contribution in [1.29, 1.82) is 0 Å². The van der Waals surface area contributed by atoms with Gasteiger partial charge in [-0.25, -0.2) is 8.42 Å². The molecule has 6 nitrogen and oxygen atoms in total. The van der Waals surface area contributed by atoms with Crippen LogP contribution in [0.5, 0.6) is 0 Å². The van der Waals surface area contributed by atoms with Crippen molar-refractivity contribution >= 4 is 33.3 Å². The molecule has 1 saturated heterocycles. The number of hydrogen-bond acceptors (Lipinski definition) is 4. The van der Waals surface area contributed by atoms with Crippen molar-refractivity contribution in [3.05, 3.63) is 34.9 Å². The molecule has 2 amide bonds. The van der Waals surface area contributed by atoms with Crippen molar-refractivity contribution in [3.8, 4) is 0 Å². The number of carbonyl (C=O) groups excluding carboxylic acids is 2. The van der Waals surface area contributed by atoms with Crippen LogP contribution in [0.3, 0.4) is 0 Å². The third-order valence-corrected chi connectivity index (χ3v) is 5.43. The van der Waals surface area contributed by atoms with Crippen LogP contribution in [0.2, 0.25) is 5.02 Å². The van der Waals surface area contributed by atoms with Crippen molar-refractivity contribution in [3.63, 3.8) is 0 Å². The first-order valence-corrected chi connectivity index (χ1v) is 9.05. The van der Waals surface area contributed by atoms with E-state index < -0.39 is 21.8 Å². The van der Waals surface area contributed by atoms with Crippen LogP contribution in [0.25, 0.3) is 0 Å². The van der Waals surface area contributed by atoms with E-state index in [9.17, 15) is 18.0 Å². The summed E-state index contributed by atoms with van der Waals surface area (Å²) in [6.45, 7) is 1.89. The molecule has 1 aromatic rings. The Balaban J connectivity index is 1.97. The smallest absolute Gasteiger partial charge is 0.253 e. The third kappa shape index (κ3) is 3.98. The summed E-state index contributed by atoms with van der Waals surface area (Å²) >= 11 is 5.94. The van der Waals surface area contributed by atoms with E-state index in [4.69, 9.17) is 11.6 Å². The molecule has 2 rings (SSSR count). The Morgan fingerprint density at radius 1 is 1.23 bits per heavy atom. The average molecular weight is 345 g/mol. The van der Waals surface area contributed by atoms with Gasteiger partial charge in [0, 0.05) is 13.1 Å². The number of halogens is 1. The maximum Gasteiger partial charge on any atom is 0.253 e. The molecule has 1 aliphatic rings. The molecular formula is C14H17ClN2O4S. The number of nitrogens with one attached hydrogen (secondary N) is 1. The van der Waals surface area contributed by atoms with E-state index in [0.29, 0.717) is 10.6 Å². The standard InChI is InChI=1S/C14H17ClN2O4S/c1-10(14(19)17-6-8-22(20,21)9-7-17)16-13(18)11-4-2-3-5-12(11)15/h2-5,10H,6-9H2,1H3,(H,16,18)/t10-/m0/s1. The van der Waals surface area contributed by atoms with Crippen LogP contribution in [-0.4, -0.2) is 55.8 Å². The lowest BCUT2D eigenvalue weighted by Gasteiger charge is -2.29. The van der Waals surface area contributed by atoms with Gasteiger partial charge in [-0.05, 0) is 19.1 Å². The molecule has 0 spiro atoms. The fourth-order valence-corrected chi connectivity index (χ4v) is 3.61. The molecule has 1 heterocycles. The van der Waals surface area contributed by atoms with Crippen molar-refractivity contribution in [2.75, 3.05) is 24.6 Å². The van der Waals surface area contributed by atoms with Gasteiger partial charge >= 0.3 is 0 Å². The van der Waals surface area contributed by atoms with Gasteiger partial charge in [0.15, 0.2) is 9.84 Å². The summed E-state index contributed by atoms with van der Waals surface area (Å²) < 4.78 is 22.7. The van der Waals surface area contributed by atoms with Crippen LogP contribution in [-0.2, 0) is 14.6 Å². The Kier molecular flexibility index (Phi) is 5.08. The summed E-state index contributed by atoms with van der Waals surface area (Å²) in [5.41, 5.74) is 0.296. The predicted octanol–water partition coefficient (Wildman–Crippen LogP) is 0.715. The zero-order valence-corrected chi connectivity index (χ0v) is 13.7. The van der Waals surface area contributed by atoms with Crippen LogP contribution in [0.4, 0.5) is 0 Å². The van der Waals surface area contributed by atoms with Crippen LogP contribution in [0.15, 0.2) is 24.3 Å². The van der Waals surface area contributed by atoms with Gasteiger partial charge in [-0.2, -0.15) is 0 Å². The van der Waals surface area contributed by atoms with Crippen molar-refractivity contribution in [2.24, 2.45) is 0 Å². The summed E-state index contributed by atoms with van der Waals surface area (Å²) in [6.07, 6.45) is 0. The lowest BCUT2D eigenvalue weighted by atomic mass is 10.2. The van der Waals surface area contributed by atoms with E-state index in [1.807, 2.05) is 0 Å². The monoisotopic (exact) mass is 344 g/mol. The normalized spacial score (nSPS) is 18.5. The van der Waals surface area contributed by atoms with Crippen molar-refractivity contribution in [2.45, 2.75) is 13.0 Å². The predicted molar refractivity (Wildman–Crippen MR) is 83.6 cm³/mol. The maximum atomic E-state index is 12.2. The molecule has 22 heavy (non-hydrogen) atoms. The lowest BCUT2D eigenvalue weighted by Crippen LogP contribution is -2.51. The summed E-state index contributed by atoms with van der Waals surface area (Å²) in [6, 6.07) is 5.82. The molecule has 0 radical (unpaired) electrons. The highest BCUT2D eigenvalue weighted by molar-refractivity contribution is 7.91. The number of carbonyl (C=O) groups is 2. The minimum Gasteiger partial charge on any atom is -0.340 e. The summed E-state index contributed by atoms with van der Waals surface area (Å²) in [4.78, 5) is 25.8. The van der Waals surface area contributed by atoms with E-state index in [-0.39, 0.29) is 30.5 Å². The second kappa shape index (κ2) is 6.66. The number of benzene rings is 1. The first-order chi connectivity index (χ1) is 10.3. The fourth-order valence-electron chi connectivity index (χ4n) is 2.19. The Hall–Kier alpha value is -1.60. The molecule has 120 valence electrons. The SMILES string of the molecule is C[C@H](NC(=O)c1ccccc1Cl)C(=O)N1CCS(=O)(=O)CC1. The minimum atomic E-state index is -3.05. The van der Waals surface area contributed by atoms with Gasteiger partial charge in [0.2, 0.25) is 5.91 Å². The quantitative estimate of drug-likeness (QED) is 0.875. The van der Waals surface area contributed by atoms with Crippen molar-refractivity contribution < 1.29 is 18.0 Å². The highest BCUT2D eigenvalue weighted by Gasteiger charge is 2.28. The van der Waals surface area contributed by atoms with Gasteiger partial charge in [-0.15, -0.1) is 0 Å². The van der Waals surface area contributed by atoms with E-state index in [1.54, 1.807) is 31.2 Å². The molecule has 0 unspecified atom stereocenters. The number of sulfone groups is 1. The van der Waals surface area contributed by atoms with Gasteiger partial charge in [-0.3, -0.25) is 9.59 Å². The van der Waals surface area contributed by atoms with Gasteiger partial charge in [-0.1, -0.05) is 23.7 Å². The summed E-state index contributed by atoms with van der Waals surface area (Å²) in [5.74, 6) is -0.806. The molecule has 0 aliphatic carbocycles. The van der Waals surface area contributed by atoms with Crippen LogP contribution >= 0.6 is 11.6 Å². The molecular weight excluding hydrogens is 328 g/mol. The number of amides is 2. The van der Waals surface area contributed by atoms with Crippen LogP contribution in [0.1, 0.15) is 17.3 Å². The number of nitrogens with zero attached hydrogens (tertiary/aromatic N) is 1. The van der Waals surface area contributed by atoms with Crippen LogP contribution in [0, 0.1) is 0 Å². The third-order valence-electron chi connectivity index (χ3n) is 3.49. The van der Waals surface area contributed by atoms with E-state index in [1.165, 1.54) is 4.90 Å². The number of hydrogen-bond donors (Lipinski definition) is 1.